The van der Waals surface area contributed by atoms with Crippen molar-refractivity contribution in [1.29, 1.82) is 0 Å². The van der Waals surface area contributed by atoms with Gasteiger partial charge in [-0.2, -0.15) is 8.42 Å². The number of hydrogen-bond donors (Lipinski definition) is 1. The van der Waals surface area contributed by atoms with Crippen molar-refractivity contribution in [3.63, 3.8) is 0 Å². The Morgan fingerprint density at radius 2 is 1.45 bits per heavy atom. The average Bonchev–Trinajstić information content (AvgIpc) is 2.69. The molecule has 0 saturated heterocycles. The van der Waals surface area contributed by atoms with E-state index in [1.165, 1.54) is 57.4 Å². The third-order valence-electron chi connectivity index (χ3n) is 5.15. The maximum Gasteiger partial charge on any atom is 1.00 e. The molecule has 0 atom stereocenters. The van der Waals surface area contributed by atoms with E-state index in [1.54, 1.807) is 6.07 Å². The largest absolute Gasteiger partial charge is 1.00 e. The Morgan fingerprint density at radius 3 is 2.06 bits per heavy atom. The van der Waals surface area contributed by atoms with Crippen LogP contribution in [-0.2, 0) is 16.5 Å². The van der Waals surface area contributed by atoms with Gasteiger partial charge in [0.25, 0.3) is 10.1 Å². The quantitative estimate of drug-likeness (QED) is 0.259. The zero-order valence-corrected chi connectivity index (χ0v) is 22.7. The molecule has 0 amide bonds. The van der Waals surface area contributed by atoms with E-state index in [1.807, 2.05) is 18.2 Å². The molecule has 0 aliphatic carbocycles. The second-order valence-electron chi connectivity index (χ2n) is 7.76. The monoisotopic (exact) mass is 472 g/mol. The van der Waals surface area contributed by atoms with Crippen LogP contribution in [0, 0.1) is 0 Å². The van der Waals surface area contributed by atoms with Crippen molar-refractivity contribution in [3.05, 3.63) is 48.0 Å². The molecule has 0 radical (unpaired) electrons. The standard InChI is InChI=1S/C24H34O5S.K/c1-2-3-4-5-6-7-8-9-10-11-14-20-15-12-13-16-24(20)29-22-17-21(25)18-23(19-22)30(26,27)28;/h12-13,15-19,25H,2-11,14H2,1H3,(H,26,27,28);/q;+1/p-1. The molecule has 0 fully saturated rings. The number of aryl methyl sites for hydroxylation is 1. The van der Waals surface area contributed by atoms with Crippen LogP contribution in [-0.4, -0.2) is 13.0 Å². The summed E-state index contributed by atoms with van der Waals surface area (Å²) in [4.78, 5) is -0.461. The molecule has 0 aliphatic heterocycles. The first-order valence-electron chi connectivity index (χ1n) is 11.0. The minimum Gasteiger partial charge on any atom is -0.872 e. The molecule has 5 nitrogen and oxygen atoms in total. The van der Waals surface area contributed by atoms with Crippen LogP contribution < -0.4 is 61.2 Å². The van der Waals surface area contributed by atoms with Gasteiger partial charge in [0.1, 0.15) is 11.5 Å². The Morgan fingerprint density at radius 1 is 0.871 bits per heavy atom. The van der Waals surface area contributed by atoms with Crippen LogP contribution in [0.2, 0.25) is 0 Å². The van der Waals surface area contributed by atoms with E-state index in [0.717, 1.165) is 37.0 Å². The molecule has 2 rings (SSSR count). The predicted molar refractivity (Wildman–Crippen MR) is 118 cm³/mol. The Kier molecular flexibility index (Phi) is 14.2. The Bertz CT molecular complexity index is 883. The fraction of sp³-hybridized carbons (Fsp3) is 0.500. The summed E-state index contributed by atoms with van der Waals surface area (Å²) in [5.74, 6) is 0.165. The molecule has 0 saturated carbocycles. The Hall–Kier alpha value is -0.414. The van der Waals surface area contributed by atoms with E-state index >= 15 is 0 Å². The van der Waals surface area contributed by atoms with Crippen LogP contribution in [0.25, 0.3) is 0 Å². The molecule has 0 heterocycles. The summed E-state index contributed by atoms with van der Waals surface area (Å²) < 4.78 is 37.7. The summed E-state index contributed by atoms with van der Waals surface area (Å²) in [6.07, 6.45) is 13.6. The topological polar surface area (TPSA) is 86.7 Å². The van der Waals surface area contributed by atoms with E-state index in [9.17, 15) is 18.1 Å². The van der Waals surface area contributed by atoms with Crippen molar-refractivity contribution in [2.24, 2.45) is 0 Å². The predicted octanol–water partition coefficient (Wildman–Crippen LogP) is 3.27. The van der Waals surface area contributed by atoms with Gasteiger partial charge in [-0.3, -0.25) is 4.55 Å². The van der Waals surface area contributed by atoms with Gasteiger partial charge in [0.2, 0.25) is 0 Å². The van der Waals surface area contributed by atoms with Gasteiger partial charge in [-0.15, -0.1) is 5.75 Å². The Balaban J connectivity index is 0.00000480. The first-order chi connectivity index (χ1) is 14.4. The van der Waals surface area contributed by atoms with Crippen LogP contribution in [0.5, 0.6) is 17.2 Å². The summed E-state index contributed by atoms with van der Waals surface area (Å²) in [6.45, 7) is 2.24. The number of hydrogen-bond acceptors (Lipinski definition) is 4. The number of ether oxygens (including phenoxy) is 1. The molecule has 0 unspecified atom stereocenters. The molecule has 7 heteroatoms. The second kappa shape index (κ2) is 15.4. The van der Waals surface area contributed by atoms with Gasteiger partial charge in [-0.25, -0.2) is 0 Å². The summed E-state index contributed by atoms with van der Waals surface area (Å²) in [5.41, 5.74) is 1.02. The summed E-state index contributed by atoms with van der Waals surface area (Å²) in [7, 11) is -4.46. The minimum absolute atomic E-state index is 0. The normalized spacial score (nSPS) is 11.2. The maximum absolute atomic E-state index is 11.7. The minimum atomic E-state index is -4.46. The van der Waals surface area contributed by atoms with Crippen LogP contribution in [0.1, 0.15) is 76.7 Å². The molecule has 0 spiro atoms. The first-order valence-corrected chi connectivity index (χ1v) is 12.4. The van der Waals surface area contributed by atoms with Gasteiger partial charge in [-0.05, 0) is 36.6 Å². The van der Waals surface area contributed by atoms with Crippen LogP contribution in [0.4, 0.5) is 0 Å². The van der Waals surface area contributed by atoms with Crippen LogP contribution in [0.3, 0.4) is 0 Å². The molecule has 1 N–H and O–H groups in total. The summed E-state index contributed by atoms with van der Waals surface area (Å²) in [5, 5.41) is 11.7. The third kappa shape index (κ3) is 11.3. The van der Waals surface area contributed by atoms with Crippen molar-refractivity contribution >= 4 is 10.1 Å². The van der Waals surface area contributed by atoms with E-state index in [0.29, 0.717) is 5.75 Å². The third-order valence-corrected chi connectivity index (χ3v) is 5.98. The molecule has 0 bridgehead atoms. The van der Waals surface area contributed by atoms with Crippen molar-refractivity contribution in [1.82, 2.24) is 0 Å². The number of benzene rings is 2. The van der Waals surface area contributed by atoms with E-state index in [-0.39, 0.29) is 57.1 Å². The zero-order valence-electron chi connectivity index (χ0n) is 18.8. The van der Waals surface area contributed by atoms with E-state index in [4.69, 9.17) is 4.74 Å². The first kappa shape index (κ1) is 28.6. The zero-order chi connectivity index (χ0) is 21.8. The van der Waals surface area contributed by atoms with Crippen molar-refractivity contribution in [3.8, 4) is 17.2 Å². The van der Waals surface area contributed by atoms with Gasteiger partial charge in [0, 0.05) is 6.07 Å². The smallest absolute Gasteiger partial charge is 0.872 e. The van der Waals surface area contributed by atoms with Gasteiger partial charge in [-0.1, -0.05) is 82.9 Å². The van der Waals surface area contributed by atoms with Crippen molar-refractivity contribution < 1.29 is 74.2 Å². The molecule has 2 aromatic carbocycles. The molecule has 2 aromatic rings. The van der Waals surface area contributed by atoms with Crippen molar-refractivity contribution in [2.75, 3.05) is 0 Å². The molecule has 0 aromatic heterocycles. The van der Waals surface area contributed by atoms with E-state index in [2.05, 4.69) is 6.92 Å². The van der Waals surface area contributed by atoms with Gasteiger partial charge >= 0.3 is 51.4 Å². The molecular formula is C24H33KO5S. The fourth-order valence-corrected chi connectivity index (χ4v) is 4.02. The Labute approximate surface area is 229 Å². The molecule has 166 valence electrons. The van der Waals surface area contributed by atoms with E-state index < -0.39 is 20.8 Å². The summed E-state index contributed by atoms with van der Waals surface area (Å²) >= 11 is 0. The average molecular weight is 473 g/mol. The summed E-state index contributed by atoms with van der Waals surface area (Å²) in [6, 6.07) is 10.8. The molecule has 31 heavy (non-hydrogen) atoms. The molecule has 0 aliphatic rings. The van der Waals surface area contributed by atoms with Crippen LogP contribution in [0.15, 0.2) is 47.4 Å². The number of rotatable bonds is 14. The maximum atomic E-state index is 11.7. The SMILES string of the molecule is CCCCCCCCCCCCc1ccccc1Oc1cc([O-])cc(S(=O)(=O)O)c1.[K+]. The number of para-hydroxylation sites is 1. The van der Waals surface area contributed by atoms with Crippen LogP contribution >= 0.6 is 0 Å². The molecular weight excluding hydrogens is 439 g/mol. The van der Waals surface area contributed by atoms with Gasteiger partial charge in [0.15, 0.2) is 0 Å². The fourth-order valence-electron chi connectivity index (χ4n) is 3.49. The number of unbranched alkanes of at least 4 members (excludes halogenated alkanes) is 9. The van der Waals surface area contributed by atoms with Crippen molar-refractivity contribution in [2.45, 2.75) is 82.4 Å². The van der Waals surface area contributed by atoms with Gasteiger partial charge < -0.3 is 9.84 Å². The second-order valence-corrected chi connectivity index (χ2v) is 9.18. The van der Waals surface area contributed by atoms with Gasteiger partial charge in [0.05, 0.1) is 4.90 Å².